The topological polar surface area (TPSA) is 38.8 Å². The fraction of sp³-hybridized carbons (Fsp3) is 0.346. The molecule has 0 atom stereocenters. The van der Waals surface area contributed by atoms with Crippen LogP contribution in [0.3, 0.4) is 0 Å². The van der Waals surface area contributed by atoms with Crippen molar-refractivity contribution in [1.29, 1.82) is 0 Å². The van der Waals surface area contributed by atoms with Gasteiger partial charge in [-0.15, -0.1) is 12.4 Å². The summed E-state index contributed by atoms with van der Waals surface area (Å²) in [5.74, 6) is -0.880. The van der Waals surface area contributed by atoms with E-state index in [0.717, 1.165) is 40.8 Å². The largest absolute Gasteiger partial charge is 0.499 e. The van der Waals surface area contributed by atoms with Gasteiger partial charge >= 0.3 is 5.97 Å². The molecule has 2 aromatic rings. The van der Waals surface area contributed by atoms with Crippen LogP contribution in [0.5, 0.6) is 0 Å². The molecule has 0 spiro atoms. The number of carbonyl (C=O) groups is 1. The van der Waals surface area contributed by atoms with Crippen molar-refractivity contribution in [2.75, 3.05) is 32.8 Å². The van der Waals surface area contributed by atoms with E-state index in [2.05, 4.69) is 4.90 Å². The second-order valence-corrected chi connectivity index (χ2v) is 7.84. The summed E-state index contributed by atoms with van der Waals surface area (Å²) >= 11 is 0. The molecule has 4 nitrogen and oxygen atoms in total. The fourth-order valence-corrected chi connectivity index (χ4v) is 3.82. The van der Waals surface area contributed by atoms with Crippen LogP contribution in [0, 0.1) is 25.5 Å². The second-order valence-electron chi connectivity index (χ2n) is 7.84. The summed E-state index contributed by atoms with van der Waals surface area (Å²) in [7, 11) is 0. The minimum absolute atomic E-state index is 0. The lowest BCUT2D eigenvalue weighted by molar-refractivity contribution is -0.138. The highest BCUT2D eigenvalue weighted by molar-refractivity contribution is 5.89. The van der Waals surface area contributed by atoms with Crippen LogP contribution < -0.4 is 0 Å². The Kier molecular flexibility index (Phi) is 10.1. The number of hydrogen-bond donors (Lipinski definition) is 0. The third-order valence-electron chi connectivity index (χ3n) is 5.45. The molecule has 1 heterocycles. The molecule has 33 heavy (non-hydrogen) atoms. The highest BCUT2D eigenvalue weighted by Crippen LogP contribution is 2.29. The van der Waals surface area contributed by atoms with Crippen LogP contribution in [0.15, 0.2) is 54.3 Å². The van der Waals surface area contributed by atoms with Crippen molar-refractivity contribution in [2.24, 2.45) is 0 Å². The molecule has 0 amide bonds. The van der Waals surface area contributed by atoms with Crippen molar-refractivity contribution in [3.63, 3.8) is 0 Å². The summed E-state index contributed by atoms with van der Waals surface area (Å²) in [6.07, 6.45) is 4.38. The van der Waals surface area contributed by atoms with Gasteiger partial charge in [-0.1, -0.05) is 18.2 Å². The summed E-state index contributed by atoms with van der Waals surface area (Å²) in [6.45, 7) is 8.26. The number of esters is 1. The van der Waals surface area contributed by atoms with Gasteiger partial charge in [-0.05, 0) is 73.7 Å². The van der Waals surface area contributed by atoms with Gasteiger partial charge in [0.15, 0.2) is 0 Å². The van der Waals surface area contributed by atoms with Crippen LogP contribution in [0.1, 0.15) is 35.6 Å². The van der Waals surface area contributed by atoms with Crippen LogP contribution in [0.2, 0.25) is 0 Å². The van der Waals surface area contributed by atoms with Crippen molar-refractivity contribution in [3.05, 3.63) is 88.2 Å². The van der Waals surface area contributed by atoms with Gasteiger partial charge < -0.3 is 9.47 Å². The van der Waals surface area contributed by atoms with Crippen molar-refractivity contribution in [2.45, 2.75) is 27.2 Å². The molecular formula is C26H30ClF2NO3. The summed E-state index contributed by atoms with van der Waals surface area (Å²) in [4.78, 5) is 14.1. The number of ether oxygens (including phenoxy) is 2. The first-order valence-electron chi connectivity index (χ1n) is 10.8. The highest BCUT2D eigenvalue weighted by atomic mass is 35.5. The average molecular weight is 478 g/mol. The van der Waals surface area contributed by atoms with Crippen LogP contribution in [-0.4, -0.2) is 43.7 Å². The Hall–Kier alpha value is -2.70. The number of rotatable bonds is 8. The standard InChI is InChI=1S/C26H29F2NO3.ClH/c1-4-32-26(30)20-6-5-11-29(16-20)12-13-31-17-25(23-9-7-21(27)14-18(23)2)24-10-8-22(28)15-19(24)3;/h6-10,14-15,17H,4-5,11-13,16H2,1-3H3;1H. The van der Waals surface area contributed by atoms with Crippen molar-refractivity contribution in [3.8, 4) is 0 Å². The van der Waals surface area contributed by atoms with E-state index in [4.69, 9.17) is 9.47 Å². The van der Waals surface area contributed by atoms with Gasteiger partial charge in [0.1, 0.15) is 18.2 Å². The number of nitrogens with zero attached hydrogens (tertiary/aromatic N) is 1. The van der Waals surface area contributed by atoms with E-state index < -0.39 is 0 Å². The second kappa shape index (κ2) is 12.5. The third-order valence-corrected chi connectivity index (χ3v) is 5.45. The van der Waals surface area contributed by atoms with Gasteiger partial charge in [-0.25, -0.2) is 13.6 Å². The number of carbonyl (C=O) groups excluding carboxylic acids is 1. The van der Waals surface area contributed by atoms with Crippen LogP contribution in [0.4, 0.5) is 8.78 Å². The predicted molar refractivity (Wildman–Crippen MR) is 128 cm³/mol. The number of aryl methyl sites for hydroxylation is 2. The Morgan fingerprint density at radius 2 is 1.67 bits per heavy atom. The van der Waals surface area contributed by atoms with E-state index in [1.807, 2.05) is 19.9 Å². The van der Waals surface area contributed by atoms with Crippen molar-refractivity contribution < 1.29 is 23.0 Å². The van der Waals surface area contributed by atoms with E-state index in [1.54, 1.807) is 25.3 Å². The summed E-state index contributed by atoms with van der Waals surface area (Å²) < 4.78 is 38.3. The van der Waals surface area contributed by atoms with Gasteiger partial charge in [0.05, 0.1) is 12.9 Å². The predicted octanol–water partition coefficient (Wildman–Crippen LogP) is 5.60. The molecule has 0 unspecified atom stereocenters. The summed E-state index contributed by atoms with van der Waals surface area (Å²) in [5, 5.41) is 0. The van der Waals surface area contributed by atoms with E-state index >= 15 is 0 Å². The number of benzene rings is 2. The quantitative estimate of drug-likeness (QED) is 0.281. The lowest BCUT2D eigenvalue weighted by Crippen LogP contribution is -2.35. The van der Waals surface area contributed by atoms with E-state index in [9.17, 15) is 13.6 Å². The summed E-state index contributed by atoms with van der Waals surface area (Å²) in [5.41, 5.74) is 4.63. The highest BCUT2D eigenvalue weighted by Gasteiger charge is 2.19. The monoisotopic (exact) mass is 477 g/mol. The normalized spacial score (nSPS) is 13.5. The first-order valence-corrected chi connectivity index (χ1v) is 10.8. The van der Waals surface area contributed by atoms with Gasteiger partial charge in [0.25, 0.3) is 0 Å². The molecule has 0 N–H and O–H groups in total. The molecule has 0 bridgehead atoms. The molecule has 1 aliphatic rings. The van der Waals surface area contributed by atoms with E-state index in [-0.39, 0.29) is 30.0 Å². The van der Waals surface area contributed by atoms with Gasteiger partial charge in [-0.3, -0.25) is 4.90 Å². The third kappa shape index (κ3) is 7.14. The zero-order valence-corrected chi connectivity index (χ0v) is 20.0. The molecule has 0 aliphatic carbocycles. The van der Waals surface area contributed by atoms with Crippen molar-refractivity contribution in [1.82, 2.24) is 4.90 Å². The molecule has 0 radical (unpaired) electrons. The first kappa shape index (κ1) is 26.6. The van der Waals surface area contributed by atoms with Crippen LogP contribution in [-0.2, 0) is 14.3 Å². The lowest BCUT2D eigenvalue weighted by Gasteiger charge is -2.26. The molecule has 1 aliphatic heterocycles. The maximum atomic E-state index is 13.7. The Balaban J connectivity index is 0.00000385. The maximum Gasteiger partial charge on any atom is 0.334 e. The maximum absolute atomic E-state index is 13.7. The van der Waals surface area contributed by atoms with Crippen LogP contribution >= 0.6 is 12.4 Å². The molecule has 2 aromatic carbocycles. The Bertz CT molecular complexity index is 983. The van der Waals surface area contributed by atoms with E-state index in [1.165, 1.54) is 24.3 Å². The number of halogens is 3. The molecule has 0 aromatic heterocycles. The fourth-order valence-electron chi connectivity index (χ4n) is 3.82. The Labute approximate surface area is 200 Å². The summed E-state index contributed by atoms with van der Waals surface area (Å²) in [6, 6.07) is 9.18. The average Bonchev–Trinajstić information content (AvgIpc) is 2.75. The smallest absolute Gasteiger partial charge is 0.334 e. The molecule has 7 heteroatoms. The molecule has 3 rings (SSSR count). The lowest BCUT2D eigenvalue weighted by atomic mass is 9.92. The molecule has 0 saturated heterocycles. The molecule has 0 saturated carbocycles. The van der Waals surface area contributed by atoms with Gasteiger partial charge in [-0.2, -0.15) is 0 Å². The Morgan fingerprint density at radius 3 is 2.21 bits per heavy atom. The molecule has 0 fully saturated rings. The first-order chi connectivity index (χ1) is 15.4. The van der Waals surface area contributed by atoms with Gasteiger partial charge in [0, 0.05) is 30.8 Å². The minimum atomic E-state index is -0.307. The molecular weight excluding hydrogens is 448 g/mol. The van der Waals surface area contributed by atoms with Crippen LogP contribution in [0.25, 0.3) is 5.57 Å². The molecule has 178 valence electrons. The zero-order valence-electron chi connectivity index (χ0n) is 19.2. The number of hydrogen-bond acceptors (Lipinski definition) is 4. The zero-order chi connectivity index (χ0) is 23.1. The Morgan fingerprint density at radius 1 is 1.06 bits per heavy atom. The SMILES string of the molecule is CCOC(=O)C1=CCCN(CCOC=C(c2ccc(F)cc2C)c2ccc(F)cc2C)C1.Cl. The van der Waals surface area contributed by atoms with Gasteiger partial charge in [0.2, 0.25) is 0 Å². The van der Waals surface area contributed by atoms with Crippen molar-refractivity contribution >= 4 is 23.9 Å². The van der Waals surface area contributed by atoms with E-state index in [0.29, 0.717) is 31.9 Å². The minimum Gasteiger partial charge on any atom is -0.499 e.